The molecule has 0 bridgehead atoms. The van der Waals surface area contributed by atoms with Gasteiger partial charge in [0.1, 0.15) is 5.82 Å². The normalized spacial score (nSPS) is 13.0. The molecule has 0 amide bonds. The van der Waals surface area contributed by atoms with Crippen LogP contribution < -0.4 is 5.32 Å². The van der Waals surface area contributed by atoms with Crippen molar-refractivity contribution in [2.75, 3.05) is 27.2 Å². The highest BCUT2D eigenvalue weighted by Crippen LogP contribution is 2.25. The van der Waals surface area contributed by atoms with Crippen molar-refractivity contribution in [1.29, 1.82) is 0 Å². The first-order valence-electron chi connectivity index (χ1n) is 6.30. The van der Waals surface area contributed by atoms with Gasteiger partial charge < -0.3 is 5.32 Å². The molecule has 0 aliphatic rings. The third-order valence-corrected chi connectivity index (χ3v) is 3.12. The van der Waals surface area contributed by atoms with Gasteiger partial charge in [0.25, 0.3) is 0 Å². The van der Waals surface area contributed by atoms with Crippen LogP contribution >= 0.6 is 0 Å². The average Bonchev–Trinajstić information content (AvgIpc) is 2.33. The largest absolute Gasteiger partial charge is 0.320 e. The molecule has 0 saturated carbocycles. The Morgan fingerprint density at radius 2 is 2.06 bits per heavy atom. The van der Waals surface area contributed by atoms with Gasteiger partial charge in [0, 0.05) is 11.6 Å². The fraction of sp³-hybridized carbons (Fsp3) is 0.571. The zero-order valence-corrected chi connectivity index (χ0v) is 11.0. The first-order valence-corrected chi connectivity index (χ1v) is 6.30. The third-order valence-electron chi connectivity index (χ3n) is 3.12. The summed E-state index contributed by atoms with van der Waals surface area (Å²) in [6, 6.07) is 7.25. The predicted octanol–water partition coefficient (Wildman–Crippen LogP) is 2.82. The highest BCUT2D eigenvalue weighted by atomic mass is 19.1. The Morgan fingerprint density at radius 1 is 1.35 bits per heavy atom. The van der Waals surface area contributed by atoms with Crippen LogP contribution in [0, 0.1) is 5.82 Å². The number of hydrogen-bond donors (Lipinski definition) is 1. The molecule has 0 radical (unpaired) electrons. The topological polar surface area (TPSA) is 15.3 Å². The van der Waals surface area contributed by atoms with Crippen molar-refractivity contribution in [2.45, 2.75) is 25.8 Å². The molecule has 0 aliphatic heterocycles. The second-order valence-electron chi connectivity index (χ2n) is 4.38. The number of rotatable bonds is 7. The van der Waals surface area contributed by atoms with Crippen LogP contribution in [0.2, 0.25) is 0 Å². The molecule has 0 aromatic heterocycles. The summed E-state index contributed by atoms with van der Waals surface area (Å²) < 4.78 is 13.7. The van der Waals surface area contributed by atoms with E-state index in [0.29, 0.717) is 0 Å². The third kappa shape index (κ3) is 4.10. The molecule has 96 valence electrons. The minimum atomic E-state index is -0.0974. The SMILES string of the molecule is CCC(c1ccccc1F)N(C)CCCNC. The summed E-state index contributed by atoms with van der Waals surface area (Å²) in [7, 11) is 4.02. The molecule has 0 heterocycles. The molecule has 0 saturated heterocycles. The van der Waals surface area contributed by atoms with Gasteiger partial charge in [-0.1, -0.05) is 25.1 Å². The van der Waals surface area contributed by atoms with E-state index in [1.165, 1.54) is 0 Å². The zero-order valence-electron chi connectivity index (χ0n) is 11.0. The van der Waals surface area contributed by atoms with Crippen LogP contribution in [0.4, 0.5) is 4.39 Å². The molecule has 1 aromatic carbocycles. The first kappa shape index (κ1) is 14.1. The van der Waals surface area contributed by atoms with Crippen LogP contribution in [0.5, 0.6) is 0 Å². The number of nitrogens with one attached hydrogen (secondary N) is 1. The van der Waals surface area contributed by atoms with E-state index in [-0.39, 0.29) is 11.9 Å². The summed E-state index contributed by atoms with van der Waals surface area (Å²) >= 11 is 0. The molecule has 1 N–H and O–H groups in total. The quantitative estimate of drug-likeness (QED) is 0.735. The van der Waals surface area contributed by atoms with E-state index in [0.717, 1.165) is 31.5 Å². The van der Waals surface area contributed by atoms with Gasteiger partial charge in [-0.2, -0.15) is 0 Å². The first-order chi connectivity index (χ1) is 8.20. The smallest absolute Gasteiger partial charge is 0.127 e. The van der Waals surface area contributed by atoms with Crippen molar-refractivity contribution in [2.24, 2.45) is 0 Å². The van der Waals surface area contributed by atoms with E-state index in [9.17, 15) is 4.39 Å². The van der Waals surface area contributed by atoms with Gasteiger partial charge in [0.05, 0.1) is 0 Å². The second-order valence-corrected chi connectivity index (χ2v) is 4.38. The van der Waals surface area contributed by atoms with Crippen molar-refractivity contribution in [3.05, 3.63) is 35.6 Å². The van der Waals surface area contributed by atoms with Crippen LogP contribution in [-0.2, 0) is 0 Å². The number of halogens is 1. The molecule has 0 spiro atoms. The fourth-order valence-electron chi connectivity index (χ4n) is 2.18. The molecular weight excluding hydrogens is 215 g/mol. The Kier molecular flexibility index (Phi) is 6.16. The molecule has 17 heavy (non-hydrogen) atoms. The van der Waals surface area contributed by atoms with E-state index in [2.05, 4.69) is 24.2 Å². The second kappa shape index (κ2) is 7.41. The summed E-state index contributed by atoms with van der Waals surface area (Å²) in [5.74, 6) is -0.0974. The maximum Gasteiger partial charge on any atom is 0.127 e. The summed E-state index contributed by atoms with van der Waals surface area (Å²) in [5.41, 5.74) is 0.807. The van der Waals surface area contributed by atoms with Gasteiger partial charge in [-0.15, -0.1) is 0 Å². The minimum absolute atomic E-state index is 0.0974. The van der Waals surface area contributed by atoms with Gasteiger partial charge in [0.15, 0.2) is 0 Å². The maximum atomic E-state index is 13.7. The van der Waals surface area contributed by atoms with Crippen molar-refractivity contribution in [3.8, 4) is 0 Å². The Bertz CT molecular complexity index is 328. The molecule has 0 aliphatic carbocycles. The summed E-state index contributed by atoms with van der Waals surface area (Å²) in [6.07, 6.45) is 2.01. The van der Waals surface area contributed by atoms with Crippen LogP contribution in [0.15, 0.2) is 24.3 Å². The highest BCUT2D eigenvalue weighted by Gasteiger charge is 2.17. The zero-order chi connectivity index (χ0) is 12.7. The standard InChI is InChI=1S/C14H23FN2/c1-4-14(17(3)11-7-10-16-2)12-8-5-6-9-13(12)15/h5-6,8-9,14,16H,4,7,10-11H2,1-3H3. The number of hydrogen-bond acceptors (Lipinski definition) is 2. The molecule has 3 heteroatoms. The number of benzene rings is 1. The lowest BCUT2D eigenvalue weighted by Crippen LogP contribution is -2.27. The van der Waals surface area contributed by atoms with Crippen molar-refractivity contribution >= 4 is 0 Å². The average molecular weight is 238 g/mol. The lowest BCUT2D eigenvalue weighted by Gasteiger charge is -2.27. The Labute approximate surface area is 104 Å². The maximum absolute atomic E-state index is 13.7. The summed E-state index contributed by atoms with van der Waals surface area (Å²) in [5, 5.41) is 3.13. The van der Waals surface area contributed by atoms with Crippen LogP contribution in [-0.4, -0.2) is 32.1 Å². The van der Waals surface area contributed by atoms with Crippen molar-refractivity contribution in [3.63, 3.8) is 0 Å². The number of nitrogens with zero attached hydrogens (tertiary/aromatic N) is 1. The Balaban J connectivity index is 2.67. The van der Waals surface area contributed by atoms with E-state index < -0.39 is 0 Å². The van der Waals surface area contributed by atoms with E-state index in [1.54, 1.807) is 12.1 Å². The molecule has 2 nitrogen and oxygen atoms in total. The van der Waals surface area contributed by atoms with Gasteiger partial charge in [-0.05, 0) is 46.1 Å². The molecular formula is C14H23FN2. The lowest BCUT2D eigenvalue weighted by molar-refractivity contribution is 0.231. The van der Waals surface area contributed by atoms with E-state index in [1.807, 2.05) is 19.2 Å². The van der Waals surface area contributed by atoms with Gasteiger partial charge in [-0.3, -0.25) is 4.90 Å². The highest BCUT2D eigenvalue weighted by molar-refractivity contribution is 5.21. The van der Waals surface area contributed by atoms with E-state index in [4.69, 9.17) is 0 Å². The van der Waals surface area contributed by atoms with E-state index >= 15 is 0 Å². The van der Waals surface area contributed by atoms with Crippen LogP contribution in [0.3, 0.4) is 0 Å². The Hall–Kier alpha value is -0.930. The monoisotopic (exact) mass is 238 g/mol. The molecule has 1 aromatic rings. The summed E-state index contributed by atoms with van der Waals surface area (Å²) in [6.45, 7) is 4.08. The van der Waals surface area contributed by atoms with Crippen molar-refractivity contribution < 1.29 is 4.39 Å². The van der Waals surface area contributed by atoms with Crippen LogP contribution in [0.1, 0.15) is 31.4 Å². The van der Waals surface area contributed by atoms with Crippen molar-refractivity contribution in [1.82, 2.24) is 10.2 Å². The van der Waals surface area contributed by atoms with Crippen LogP contribution in [0.25, 0.3) is 0 Å². The minimum Gasteiger partial charge on any atom is -0.320 e. The Morgan fingerprint density at radius 3 is 2.65 bits per heavy atom. The fourth-order valence-corrected chi connectivity index (χ4v) is 2.18. The molecule has 0 fully saturated rings. The molecule has 1 rings (SSSR count). The van der Waals surface area contributed by atoms with Gasteiger partial charge in [-0.25, -0.2) is 4.39 Å². The molecule has 1 atom stereocenters. The lowest BCUT2D eigenvalue weighted by atomic mass is 10.0. The van der Waals surface area contributed by atoms with Gasteiger partial charge in [0.2, 0.25) is 0 Å². The predicted molar refractivity (Wildman–Crippen MR) is 70.6 cm³/mol. The molecule has 1 unspecified atom stereocenters. The summed E-state index contributed by atoms with van der Waals surface area (Å²) in [4.78, 5) is 2.23. The van der Waals surface area contributed by atoms with Gasteiger partial charge >= 0.3 is 0 Å².